The van der Waals surface area contributed by atoms with Gasteiger partial charge >= 0.3 is 5.97 Å². The molecule has 1 saturated heterocycles. The third kappa shape index (κ3) is 4.97. The summed E-state index contributed by atoms with van der Waals surface area (Å²) in [4.78, 5) is 38.2. The van der Waals surface area contributed by atoms with Gasteiger partial charge in [-0.25, -0.2) is 0 Å². The van der Waals surface area contributed by atoms with Crippen LogP contribution in [0, 0.1) is 19.8 Å². The molecule has 0 aromatic heterocycles. The van der Waals surface area contributed by atoms with Crippen molar-refractivity contribution >= 4 is 23.5 Å². The standard InChI is InChI=1S/C22H24N2O4/c1-15-8-9-16(2)19(10-15)23-20(25)14-28-22(27)18-11-21(26)24(13-18)12-17-6-4-3-5-7-17/h3-10,18H,11-14H2,1-2H3,(H,23,25)/t18-/m0/s1. The number of rotatable bonds is 6. The fourth-order valence-electron chi connectivity index (χ4n) is 3.20. The fourth-order valence-corrected chi connectivity index (χ4v) is 3.20. The number of carbonyl (C=O) groups excluding carboxylic acids is 3. The molecule has 0 saturated carbocycles. The van der Waals surface area contributed by atoms with Crippen LogP contribution in [-0.4, -0.2) is 35.8 Å². The number of likely N-dealkylation sites (tertiary alicyclic amines) is 1. The molecule has 0 aliphatic carbocycles. The van der Waals surface area contributed by atoms with Crippen molar-refractivity contribution in [3.8, 4) is 0 Å². The van der Waals surface area contributed by atoms with Gasteiger partial charge in [0.15, 0.2) is 6.61 Å². The minimum Gasteiger partial charge on any atom is -0.455 e. The third-order valence-electron chi connectivity index (χ3n) is 4.78. The molecular weight excluding hydrogens is 356 g/mol. The Labute approximate surface area is 164 Å². The molecule has 2 aromatic carbocycles. The van der Waals surface area contributed by atoms with Crippen molar-refractivity contribution in [3.05, 3.63) is 65.2 Å². The topological polar surface area (TPSA) is 75.7 Å². The van der Waals surface area contributed by atoms with Crippen LogP contribution in [0.5, 0.6) is 0 Å². The largest absolute Gasteiger partial charge is 0.455 e. The van der Waals surface area contributed by atoms with Crippen LogP contribution in [0.15, 0.2) is 48.5 Å². The molecule has 3 rings (SSSR count). The van der Waals surface area contributed by atoms with Crippen LogP contribution in [0.25, 0.3) is 0 Å². The number of esters is 1. The summed E-state index contributed by atoms with van der Waals surface area (Å²) in [5.41, 5.74) is 3.67. The second-order valence-electron chi connectivity index (χ2n) is 7.14. The molecule has 0 bridgehead atoms. The monoisotopic (exact) mass is 380 g/mol. The van der Waals surface area contributed by atoms with Crippen LogP contribution in [0.1, 0.15) is 23.1 Å². The first kappa shape index (κ1) is 19.6. The zero-order valence-corrected chi connectivity index (χ0v) is 16.1. The predicted molar refractivity (Wildman–Crippen MR) is 105 cm³/mol. The third-order valence-corrected chi connectivity index (χ3v) is 4.78. The lowest BCUT2D eigenvalue weighted by Gasteiger charge is -2.16. The number of aryl methyl sites for hydroxylation is 2. The highest BCUT2D eigenvalue weighted by Gasteiger charge is 2.35. The molecular formula is C22H24N2O4. The van der Waals surface area contributed by atoms with Crippen molar-refractivity contribution in [1.29, 1.82) is 0 Å². The van der Waals surface area contributed by atoms with Gasteiger partial charge in [0.05, 0.1) is 5.92 Å². The van der Waals surface area contributed by atoms with Gasteiger partial charge in [0.25, 0.3) is 5.91 Å². The minimum atomic E-state index is -0.537. The lowest BCUT2D eigenvalue weighted by molar-refractivity contribution is -0.151. The van der Waals surface area contributed by atoms with Gasteiger partial charge in [0.2, 0.25) is 5.91 Å². The van der Waals surface area contributed by atoms with Crippen molar-refractivity contribution in [2.24, 2.45) is 5.92 Å². The SMILES string of the molecule is Cc1ccc(C)c(NC(=O)COC(=O)[C@H]2CC(=O)N(Cc3ccccc3)C2)c1. The van der Waals surface area contributed by atoms with E-state index in [0.717, 1.165) is 16.7 Å². The molecule has 28 heavy (non-hydrogen) atoms. The molecule has 2 amide bonds. The molecule has 6 heteroatoms. The van der Waals surface area contributed by atoms with Crippen LogP contribution in [0.4, 0.5) is 5.69 Å². The summed E-state index contributed by atoms with van der Waals surface area (Å²) in [7, 11) is 0. The zero-order valence-electron chi connectivity index (χ0n) is 16.1. The Morgan fingerprint density at radius 3 is 2.64 bits per heavy atom. The molecule has 146 valence electrons. The molecule has 1 fully saturated rings. The molecule has 0 radical (unpaired) electrons. The molecule has 2 aromatic rings. The van der Waals surface area contributed by atoms with E-state index < -0.39 is 17.8 Å². The van der Waals surface area contributed by atoms with Gasteiger partial charge in [0.1, 0.15) is 0 Å². The van der Waals surface area contributed by atoms with Crippen molar-refractivity contribution in [2.75, 3.05) is 18.5 Å². The maximum Gasteiger partial charge on any atom is 0.311 e. The maximum atomic E-state index is 12.3. The van der Waals surface area contributed by atoms with Crippen LogP contribution in [0.3, 0.4) is 0 Å². The van der Waals surface area contributed by atoms with Gasteiger partial charge in [-0.15, -0.1) is 0 Å². The Morgan fingerprint density at radius 1 is 1.14 bits per heavy atom. The van der Waals surface area contributed by atoms with Crippen molar-refractivity contribution in [3.63, 3.8) is 0 Å². The van der Waals surface area contributed by atoms with E-state index in [2.05, 4.69) is 5.32 Å². The summed E-state index contributed by atoms with van der Waals surface area (Å²) in [5.74, 6) is -1.53. The first-order valence-corrected chi connectivity index (χ1v) is 9.28. The molecule has 1 aliphatic rings. The van der Waals surface area contributed by atoms with Crippen LogP contribution in [0.2, 0.25) is 0 Å². The van der Waals surface area contributed by atoms with Crippen molar-refractivity contribution in [2.45, 2.75) is 26.8 Å². The first-order valence-electron chi connectivity index (χ1n) is 9.28. The highest BCUT2D eigenvalue weighted by molar-refractivity contribution is 5.94. The molecule has 1 N–H and O–H groups in total. The number of hydrogen-bond acceptors (Lipinski definition) is 4. The Morgan fingerprint density at radius 2 is 1.89 bits per heavy atom. The van der Waals surface area contributed by atoms with Crippen LogP contribution < -0.4 is 5.32 Å². The predicted octanol–water partition coefficient (Wildman–Crippen LogP) is 2.83. The van der Waals surface area contributed by atoms with Gasteiger partial charge in [-0.05, 0) is 36.6 Å². The van der Waals surface area contributed by atoms with Crippen LogP contribution >= 0.6 is 0 Å². The van der Waals surface area contributed by atoms with Gasteiger partial charge in [-0.1, -0.05) is 42.5 Å². The second kappa shape index (κ2) is 8.69. The number of benzene rings is 2. The van der Waals surface area contributed by atoms with E-state index in [1.54, 1.807) is 4.90 Å². The van der Waals surface area contributed by atoms with Crippen LogP contribution in [-0.2, 0) is 25.7 Å². The highest BCUT2D eigenvalue weighted by Crippen LogP contribution is 2.21. The van der Waals surface area contributed by atoms with Crippen molar-refractivity contribution < 1.29 is 19.1 Å². The number of nitrogens with one attached hydrogen (secondary N) is 1. The smallest absolute Gasteiger partial charge is 0.311 e. The fraction of sp³-hybridized carbons (Fsp3) is 0.318. The average Bonchev–Trinajstić information content (AvgIpc) is 3.04. The summed E-state index contributed by atoms with van der Waals surface area (Å²) in [5, 5.41) is 2.75. The van der Waals surface area contributed by atoms with Gasteiger partial charge < -0.3 is 15.0 Å². The molecule has 1 atom stereocenters. The molecule has 1 heterocycles. The molecule has 1 aliphatic heterocycles. The Balaban J connectivity index is 1.49. The molecule has 0 unspecified atom stereocenters. The Bertz CT molecular complexity index is 879. The van der Waals surface area contributed by atoms with E-state index in [9.17, 15) is 14.4 Å². The van der Waals surface area contributed by atoms with Gasteiger partial charge in [-0.3, -0.25) is 14.4 Å². The number of amides is 2. The van der Waals surface area contributed by atoms with E-state index in [1.807, 2.05) is 62.4 Å². The second-order valence-corrected chi connectivity index (χ2v) is 7.14. The lowest BCUT2D eigenvalue weighted by Crippen LogP contribution is -2.28. The van der Waals surface area contributed by atoms with E-state index in [1.165, 1.54) is 0 Å². The number of carbonyl (C=O) groups is 3. The lowest BCUT2D eigenvalue weighted by atomic mass is 10.1. The number of anilines is 1. The highest BCUT2D eigenvalue weighted by atomic mass is 16.5. The normalized spacial score (nSPS) is 16.1. The first-order chi connectivity index (χ1) is 13.4. The van der Waals surface area contributed by atoms with E-state index in [0.29, 0.717) is 18.8 Å². The van der Waals surface area contributed by atoms with E-state index in [-0.39, 0.29) is 18.9 Å². The summed E-state index contributed by atoms with van der Waals surface area (Å²) in [6.45, 7) is 4.25. The van der Waals surface area contributed by atoms with E-state index >= 15 is 0 Å². The number of nitrogens with zero attached hydrogens (tertiary/aromatic N) is 1. The summed E-state index contributed by atoms with van der Waals surface area (Å²) >= 11 is 0. The van der Waals surface area contributed by atoms with Crippen molar-refractivity contribution in [1.82, 2.24) is 4.90 Å². The Kier molecular flexibility index (Phi) is 6.09. The summed E-state index contributed by atoms with van der Waals surface area (Å²) in [6.07, 6.45) is 0.115. The quantitative estimate of drug-likeness (QED) is 0.782. The Hall–Kier alpha value is -3.15. The van der Waals surface area contributed by atoms with E-state index in [4.69, 9.17) is 4.74 Å². The number of ether oxygens (including phenoxy) is 1. The zero-order chi connectivity index (χ0) is 20.1. The summed E-state index contributed by atoms with van der Waals surface area (Å²) < 4.78 is 5.15. The maximum absolute atomic E-state index is 12.3. The van der Waals surface area contributed by atoms with Gasteiger partial charge in [0, 0.05) is 25.2 Å². The molecule has 0 spiro atoms. The van der Waals surface area contributed by atoms with Gasteiger partial charge in [-0.2, -0.15) is 0 Å². The molecule has 6 nitrogen and oxygen atoms in total. The minimum absolute atomic E-state index is 0.0781. The summed E-state index contributed by atoms with van der Waals surface area (Å²) in [6, 6.07) is 15.4. The average molecular weight is 380 g/mol. The number of hydrogen-bond donors (Lipinski definition) is 1.